The van der Waals surface area contributed by atoms with Crippen molar-refractivity contribution in [1.29, 1.82) is 0 Å². The smallest absolute Gasteiger partial charge is 0.192 e. The van der Waals surface area contributed by atoms with Gasteiger partial charge in [-0.2, -0.15) is 5.10 Å². The van der Waals surface area contributed by atoms with E-state index in [1.165, 1.54) is 22.7 Å². The van der Waals surface area contributed by atoms with E-state index in [1.54, 1.807) is 0 Å². The molecule has 0 saturated carbocycles. The van der Waals surface area contributed by atoms with Crippen molar-refractivity contribution < 1.29 is 0 Å². The molecule has 0 aliphatic rings. The van der Waals surface area contributed by atoms with Crippen molar-refractivity contribution in [3.05, 3.63) is 84.2 Å². The lowest BCUT2D eigenvalue weighted by Crippen LogP contribution is -2.38. The molecule has 0 spiro atoms. The number of nitrogens with zero attached hydrogens (tertiary/aromatic N) is 3. The van der Waals surface area contributed by atoms with Crippen molar-refractivity contribution in [2.24, 2.45) is 4.99 Å². The van der Waals surface area contributed by atoms with Gasteiger partial charge in [0, 0.05) is 12.1 Å². The number of aromatic amines is 1. The Morgan fingerprint density at radius 2 is 1.87 bits per heavy atom. The number of guanidine groups is 1. The highest BCUT2D eigenvalue weighted by atomic mass is 127. The standard InChI is InChI=1S/C24H26N6.HI/c1-3-25-24(26-15-18-8-6-11-20(14-18)23-27-16-28-30-23)29-17(2)21-13-7-10-19-9-4-5-12-22(19)21;/h4-14,16-17H,3,15H2,1-2H3,(H2,25,26,29)(H,27,28,30);1H. The van der Waals surface area contributed by atoms with Gasteiger partial charge in [0.05, 0.1) is 12.6 Å². The van der Waals surface area contributed by atoms with Gasteiger partial charge in [0.15, 0.2) is 11.8 Å². The minimum atomic E-state index is 0. The summed E-state index contributed by atoms with van der Waals surface area (Å²) in [6, 6.07) is 23.2. The monoisotopic (exact) mass is 526 g/mol. The van der Waals surface area contributed by atoms with Gasteiger partial charge in [-0.25, -0.2) is 9.98 Å². The molecule has 0 radical (unpaired) electrons. The molecule has 0 saturated heterocycles. The van der Waals surface area contributed by atoms with Crippen LogP contribution in [-0.2, 0) is 6.54 Å². The molecule has 4 rings (SSSR count). The fraction of sp³-hybridized carbons (Fsp3) is 0.208. The summed E-state index contributed by atoms with van der Waals surface area (Å²) >= 11 is 0. The second-order valence-corrected chi connectivity index (χ2v) is 7.16. The Labute approximate surface area is 199 Å². The summed E-state index contributed by atoms with van der Waals surface area (Å²) in [5, 5.41) is 16.2. The molecule has 4 aromatic rings. The number of fused-ring (bicyclic) bond motifs is 1. The summed E-state index contributed by atoms with van der Waals surface area (Å²) in [5.41, 5.74) is 3.37. The first-order valence-electron chi connectivity index (χ1n) is 10.2. The molecule has 1 atom stereocenters. The van der Waals surface area contributed by atoms with Crippen molar-refractivity contribution in [2.45, 2.75) is 26.4 Å². The molecule has 0 aliphatic carbocycles. The molecule has 0 bridgehead atoms. The second-order valence-electron chi connectivity index (χ2n) is 7.16. The maximum atomic E-state index is 4.80. The lowest BCUT2D eigenvalue weighted by Gasteiger charge is -2.20. The fourth-order valence-corrected chi connectivity index (χ4v) is 3.56. The highest BCUT2D eigenvalue weighted by Gasteiger charge is 2.11. The van der Waals surface area contributed by atoms with E-state index in [4.69, 9.17) is 4.99 Å². The summed E-state index contributed by atoms with van der Waals surface area (Å²) in [6.07, 6.45) is 1.52. The number of nitrogens with one attached hydrogen (secondary N) is 3. The maximum Gasteiger partial charge on any atom is 0.192 e. The predicted octanol–water partition coefficient (Wildman–Crippen LogP) is 5.06. The van der Waals surface area contributed by atoms with Gasteiger partial charge in [-0.15, -0.1) is 24.0 Å². The van der Waals surface area contributed by atoms with Crippen LogP contribution >= 0.6 is 24.0 Å². The molecule has 7 heteroatoms. The lowest BCUT2D eigenvalue weighted by molar-refractivity contribution is 0.691. The number of rotatable bonds is 6. The predicted molar refractivity (Wildman–Crippen MR) is 138 cm³/mol. The van der Waals surface area contributed by atoms with E-state index < -0.39 is 0 Å². The SMILES string of the molecule is CCNC(=NCc1cccc(-c2ncn[nH]2)c1)NC(C)c1cccc2ccccc12.I. The van der Waals surface area contributed by atoms with Gasteiger partial charge in [-0.1, -0.05) is 60.7 Å². The summed E-state index contributed by atoms with van der Waals surface area (Å²) in [4.78, 5) is 9.02. The maximum absolute atomic E-state index is 4.80. The van der Waals surface area contributed by atoms with Crippen LogP contribution in [0.3, 0.4) is 0 Å². The molecule has 31 heavy (non-hydrogen) atoms. The van der Waals surface area contributed by atoms with E-state index in [1.807, 2.05) is 12.1 Å². The van der Waals surface area contributed by atoms with Crippen molar-refractivity contribution in [3.8, 4) is 11.4 Å². The molecule has 0 aliphatic heterocycles. The van der Waals surface area contributed by atoms with Crippen LogP contribution in [-0.4, -0.2) is 27.7 Å². The average molecular weight is 526 g/mol. The van der Waals surface area contributed by atoms with Crippen LogP contribution in [0.2, 0.25) is 0 Å². The van der Waals surface area contributed by atoms with Crippen LogP contribution in [0, 0.1) is 0 Å². The molecule has 3 aromatic carbocycles. The van der Waals surface area contributed by atoms with E-state index in [0.29, 0.717) is 6.54 Å². The summed E-state index contributed by atoms with van der Waals surface area (Å²) < 4.78 is 0. The van der Waals surface area contributed by atoms with Crippen molar-refractivity contribution in [3.63, 3.8) is 0 Å². The third-order valence-corrected chi connectivity index (χ3v) is 5.02. The van der Waals surface area contributed by atoms with Gasteiger partial charge in [-0.05, 0) is 41.8 Å². The van der Waals surface area contributed by atoms with Crippen molar-refractivity contribution in [2.75, 3.05) is 6.54 Å². The zero-order chi connectivity index (χ0) is 20.8. The van der Waals surface area contributed by atoms with Gasteiger partial charge >= 0.3 is 0 Å². The van der Waals surface area contributed by atoms with Gasteiger partial charge in [0.2, 0.25) is 0 Å². The number of aliphatic imine (C=N–C) groups is 1. The summed E-state index contributed by atoms with van der Waals surface area (Å²) in [7, 11) is 0. The molecular formula is C24H27IN6. The Kier molecular flexibility index (Phi) is 8.00. The number of H-pyrrole nitrogens is 1. The van der Waals surface area contributed by atoms with Gasteiger partial charge in [0.25, 0.3) is 0 Å². The molecule has 6 nitrogen and oxygen atoms in total. The Morgan fingerprint density at radius 3 is 2.68 bits per heavy atom. The molecule has 160 valence electrons. The van der Waals surface area contributed by atoms with Crippen LogP contribution in [0.4, 0.5) is 0 Å². The average Bonchev–Trinajstić information content (AvgIpc) is 3.32. The van der Waals surface area contributed by atoms with Crippen LogP contribution < -0.4 is 10.6 Å². The largest absolute Gasteiger partial charge is 0.357 e. The Bertz CT molecular complexity index is 1130. The number of hydrogen-bond acceptors (Lipinski definition) is 3. The third kappa shape index (κ3) is 5.61. The van der Waals surface area contributed by atoms with Crippen LogP contribution in [0.25, 0.3) is 22.2 Å². The molecule has 0 fully saturated rings. The third-order valence-electron chi connectivity index (χ3n) is 5.02. The topological polar surface area (TPSA) is 78.0 Å². The second kappa shape index (κ2) is 10.9. The van der Waals surface area contributed by atoms with E-state index >= 15 is 0 Å². The van der Waals surface area contributed by atoms with Crippen molar-refractivity contribution in [1.82, 2.24) is 25.8 Å². The van der Waals surface area contributed by atoms with E-state index in [9.17, 15) is 0 Å². The van der Waals surface area contributed by atoms with E-state index in [0.717, 1.165) is 29.5 Å². The van der Waals surface area contributed by atoms with Crippen molar-refractivity contribution >= 4 is 40.7 Å². The number of aromatic nitrogens is 3. The Morgan fingerprint density at radius 1 is 1.06 bits per heavy atom. The zero-order valence-corrected chi connectivity index (χ0v) is 20.0. The van der Waals surface area contributed by atoms with Crippen LogP contribution in [0.15, 0.2) is 78.0 Å². The molecule has 1 aromatic heterocycles. The molecule has 3 N–H and O–H groups in total. The quantitative estimate of drug-likeness (QED) is 0.187. The highest BCUT2D eigenvalue weighted by Crippen LogP contribution is 2.24. The minimum Gasteiger partial charge on any atom is -0.357 e. The Balaban J connectivity index is 0.00000272. The number of hydrogen-bond donors (Lipinski definition) is 3. The van der Waals surface area contributed by atoms with Gasteiger partial charge in [0.1, 0.15) is 6.33 Å². The van der Waals surface area contributed by atoms with Crippen LogP contribution in [0.5, 0.6) is 0 Å². The van der Waals surface area contributed by atoms with Gasteiger partial charge in [-0.3, -0.25) is 5.10 Å². The first-order chi connectivity index (χ1) is 14.7. The Hall–Kier alpha value is -2.94. The molecule has 1 unspecified atom stereocenters. The highest BCUT2D eigenvalue weighted by molar-refractivity contribution is 14.0. The van der Waals surface area contributed by atoms with Gasteiger partial charge < -0.3 is 10.6 Å². The fourth-order valence-electron chi connectivity index (χ4n) is 3.56. The minimum absolute atomic E-state index is 0. The summed E-state index contributed by atoms with van der Waals surface area (Å²) in [5.74, 6) is 1.55. The molecule has 0 amide bonds. The number of benzene rings is 3. The zero-order valence-electron chi connectivity index (χ0n) is 17.7. The van der Waals surface area contributed by atoms with E-state index in [-0.39, 0.29) is 30.0 Å². The molecule has 1 heterocycles. The first kappa shape index (κ1) is 22.7. The number of halogens is 1. The van der Waals surface area contributed by atoms with E-state index in [2.05, 4.69) is 94.3 Å². The molecular weight excluding hydrogens is 499 g/mol. The lowest BCUT2D eigenvalue weighted by atomic mass is 10.00. The first-order valence-corrected chi connectivity index (χ1v) is 10.2. The normalized spacial score (nSPS) is 12.3. The van der Waals surface area contributed by atoms with Crippen LogP contribution in [0.1, 0.15) is 31.0 Å². The summed E-state index contributed by atoms with van der Waals surface area (Å²) in [6.45, 7) is 5.61.